The number of aromatic nitrogens is 2. The molecule has 1 aliphatic rings. The molecule has 24 heavy (non-hydrogen) atoms. The lowest BCUT2D eigenvalue weighted by Gasteiger charge is -2.33. The Labute approximate surface area is 140 Å². The number of carbonyl (C=O) groups excluding carboxylic acids is 1. The van der Waals surface area contributed by atoms with Crippen molar-refractivity contribution in [2.75, 3.05) is 13.1 Å². The highest BCUT2D eigenvalue weighted by atomic mass is 16.4. The number of piperidine rings is 1. The minimum absolute atomic E-state index is 0.1000. The van der Waals surface area contributed by atoms with Gasteiger partial charge in [0.1, 0.15) is 12.4 Å². The van der Waals surface area contributed by atoms with Crippen LogP contribution in [0.5, 0.6) is 0 Å². The third kappa shape index (κ3) is 3.48. The third-order valence-corrected chi connectivity index (χ3v) is 4.63. The molecule has 1 N–H and O–H groups in total. The predicted molar refractivity (Wildman–Crippen MR) is 88.9 cm³/mol. The molecular formula is C18H21N3O3. The molecule has 126 valence electrons. The standard InChI is InChI=1S/C18H21N3O3/c1-13-19-8-10-20(13)12-17(22)21-9-2-3-16(11-21)14-4-6-15(7-5-14)18(23)24/h4-8,10,16H,2-3,9,11-12H2,1H3,(H,23,24). The number of benzene rings is 1. The van der Waals surface area contributed by atoms with Crippen LogP contribution < -0.4 is 0 Å². The van der Waals surface area contributed by atoms with Crippen LogP contribution in [0.4, 0.5) is 0 Å². The summed E-state index contributed by atoms with van der Waals surface area (Å²) in [6.07, 6.45) is 5.49. The van der Waals surface area contributed by atoms with Gasteiger partial charge in [-0.05, 0) is 37.5 Å². The van der Waals surface area contributed by atoms with Crippen molar-refractivity contribution in [2.45, 2.75) is 32.2 Å². The second-order valence-electron chi connectivity index (χ2n) is 6.21. The van der Waals surface area contributed by atoms with Crippen molar-refractivity contribution in [3.63, 3.8) is 0 Å². The van der Waals surface area contributed by atoms with E-state index in [1.54, 1.807) is 18.3 Å². The van der Waals surface area contributed by atoms with Gasteiger partial charge < -0.3 is 14.6 Å². The molecule has 1 saturated heterocycles. The minimum Gasteiger partial charge on any atom is -0.478 e. The Morgan fingerprint density at radius 2 is 2.04 bits per heavy atom. The zero-order valence-corrected chi connectivity index (χ0v) is 13.7. The summed E-state index contributed by atoms with van der Waals surface area (Å²) in [6.45, 7) is 3.65. The van der Waals surface area contributed by atoms with Crippen molar-refractivity contribution in [3.8, 4) is 0 Å². The van der Waals surface area contributed by atoms with Crippen LogP contribution in [0.2, 0.25) is 0 Å². The number of amides is 1. The molecule has 1 aromatic carbocycles. The summed E-state index contributed by atoms with van der Waals surface area (Å²) in [5.74, 6) is 0.274. The molecule has 6 heteroatoms. The SMILES string of the molecule is Cc1nccn1CC(=O)N1CCCC(c2ccc(C(=O)O)cc2)C1. The van der Waals surface area contributed by atoms with E-state index >= 15 is 0 Å². The van der Waals surface area contributed by atoms with Crippen molar-refractivity contribution >= 4 is 11.9 Å². The van der Waals surface area contributed by atoms with Crippen LogP contribution in [0.3, 0.4) is 0 Å². The number of hydrogen-bond acceptors (Lipinski definition) is 3. The molecule has 1 amide bonds. The van der Waals surface area contributed by atoms with Crippen LogP contribution in [0, 0.1) is 6.92 Å². The lowest BCUT2D eigenvalue weighted by Crippen LogP contribution is -2.40. The summed E-state index contributed by atoms with van der Waals surface area (Å²) in [7, 11) is 0. The lowest BCUT2D eigenvalue weighted by molar-refractivity contribution is -0.133. The molecule has 2 aromatic rings. The van der Waals surface area contributed by atoms with Gasteiger partial charge >= 0.3 is 5.97 Å². The number of aromatic carboxylic acids is 1. The fourth-order valence-electron chi connectivity index (χ4n) is 3.19. The number of hydrogen-bond donors (Lipinski definition) is 1. The number of nitrogens with zero attached hydrogens (tertiary/aromatic N) is 3. The molecule has 3 rings (SSSR count). The third-order valence-electron chi connectivity index (χ3n) is 4.63. The van der Waals surface area contributed by atoms with Gasteiger partial charge in [-0.25, -0.2) is 9.78 Å². The first-order valence-electron chi connectivity index (χ1n) is 8.13. The Kier molecular flexibility index (Phi) is 4.64. The van der Waals surface area contributed by atoms with E-state index in [1.807, 2.05) is 34.7 Å². The molecule has 1 unspecified atom stereocenters. The van der Waals surface area contributed by atoms with Crippen LogP contribution in [-0.4, -0.2) is 44.5 Å². The van der Waals surface area contributed by atoms with Gasteiger partial charge in [-0.3, -0.25) is 4.79 Å². The minimum atomic E-state index is -0.919. The summed E-state index contributed by atoms with van der Waals surface area (Å²) >= 11 is 0. The Hall–Kier alpha value is -2.63. The number of imidazole rings is 1. The van der Waals surface area contributed by atoms with Crippen molar-refractivity contribution in [1.29, 1.82) is 0 Å². The fraction of sp³-hybridized carbons (Fsp3) is 0.389. The normalized spacial score (nSPS) is 17.7. The molecule has 6 nitrogen and oxygen atoms in total. The van der Waals surface area contributed by atoms with Gasteiger partial charge in [-0.15, -0.1) is 0 Å². The van der Waals surface area contributed by atoms with Crippen LogP contribution in [0.1, 0.15) is 40.5 Å². The van der Waals surface area contributed by atoms with Crippen LogP contribution in [0.15, 0.2) is 36.7 Å². The van der Waals surface area contributed by atoms with Gasteiger partial charge in [0.05, 0.1) is 5.56 Å². The number of carboxylic acids is 1. The second kappa shape index (κ2) is 6.86. The first kappa shape index (κ1) is 16.2. The molecule has 0 spiro atoms. The average molecular weight is 327 g/mol. The Bertz CT molecular complexity index is 736. The zero-order chi connectivity index (χ0) is 17.1. The summed E-state index contributed by atoms with van der Waals surface area (Å²) in [5.41, 5.74) is 1.38. The number of carboxylic acid groups (broad SMARTS) is 1. The molecule has 2 heterocycles. The van der Waals surface area contributed by atoms with Crippen molar-refractivity contribution in [2.24, 2.45) is 0 Å². The second-order valence-corrected chi connectivity index (χ2v) is 6.21. The topological polar surface area (TPSA) is 75.4 Å². The number of rotatable bonds is 4. The van der Waals surface area contributed by atoms with E-state index in [0.717, 1.165) is 30.8 Å². The summed E-state index contributed by atoms with van der Waals surface area (Å²) in [6, 6.07) is 6.99. The van der Waals surface area contributed by atoms with Crippen molar-refractivity contribution in [1.82, 2.24) is 14.5 Å². The maximum Gasteiger partial charge on any atom is 0.335 e. The molecule has 1 atom stereocenters. The van der Waals surface area contributed by atoms with Gasteiger partial charge in [0.2, 0.25) is 5.91 Å². The Morgan fingerprint density at radius 3 is 2.67 bits per heavy atom. The summed E-state index contributed by atoms with van der Waals surface area (Å²) in [4.78, 5) is 29.5. The molecule has 0 radical (unpaired) electrons. The number of likely N-dealkylation sites (tertiary alicyclic amines) is 1. The maximum atomic E-state index is 12.5. The largest absolute Gasteiger partial charge is 0.478 e. The highest BCUT2D eigenvalue weighted by molar-refractivity contribution is 5.87. The smallest absolute Gasteiger partial charge is 0.335 e. The quantitative estimate of drug-likeness (QED) is 0.935. The highest BCUT2D eigenvalue weighted by Crippen LogP contribution is 2.27. The van der Waals surface area contributed by atoms with Gasteiger partial charge in [0.25, 0.3) is 0 Å². The van der Waals surface area contributed by atoms with E-state index in [2.05, 4.69) is 4.98 Å². The average Bonchev–Trinajstić information content (AvgIpc) is 3.00. The molecule has 0 saturated carbocycles. The first-order chi connectivity index (χ1) is 11.5. The maximum absolute atomic E-state index is 12.5. The van der Waals surface area contributed by atoms with E-state index in [1.165, 1.54) is 0 Å². The van der Waals surface area contributed by atoms with E-state index in [9.17, 15) is 9.59 Å². The van der Waals surface area contributed by atoms with Crippen LogP contribution in [0.25, 0.3) is 0 Å². The fourth-order valence-corrected chi connectivity index (χ4v) is 3.19. The zero-order valence-electron chi connectivity index (χ0n) is 13.7. The first-order valence-corrected chi connectivity index (χ1v) is 8.13. The molecule has 1 fully saturated rings. The Balaban J connectivity index is 1.66. The monoisotopic (exact) mass is 327 g/mol. The summed E-state index contributed by atoms with van der Waals surface area (Å²) < 4.78 is 1.85. The lowest BCUT2D eigenvalue weighted by atomic mass is 9.90. The molecule has 0 bridgehead atoms. The summed E-state index contributed by atoms with van der Waals surface area (Å²) in [5, 5.41) is 8.99. The predicted octanol–water partition coefficient (Wildman–Crippen LogP) is 2.30. The Morgan fingerprint density at radius 1 is 1.29 bits per heavy atom. The van der Waals surface area contributed by atoms with E-state index in [-0.39, 0.29) is 17.4 Å². The van der Waals surface area contributed by atoms with Crippen LogP contribution in [-0.2, 0) is 11.3 Å². The van der Waals surface area contributed by atoms with Crippen molar-refractivity contribution in [3.05, 3.63) is 53.6 Å². The van der Waals surface area contributed by atoms with E-state index in [4.69, 9.17) is 5.11 Å². The van der Waals surface area contributed by atoms with Gasteiger partial charge in [-0.2, -0.15) is 0 Å². The van der Waals surface area contributed by atoms with Gasteiger partial charge in [0, 0.05) is 31.4 Å². The van der Waals surface area contributed by atoms with Gasteiger partial charge in [0.15, 0.2) is 0 Å². The molecule has 1 aliphatic heterocycles. The van der Waals surface area contributed by atoms with Gasteiger partial charge in [-0.1, -0.05) is 12.1 Å². The van der Waals surface area contributed by atoms with E-state index in [0.29, 0.717) is 13.1 Å². The molecule has 0 aliphatic carbocycles. The number of carbonyl (C=O) groups is 2. The van der Waals surface area contributed by atoms with Crippen LogP contribution >= 0.6 is 0 Å². The number of aryl methyl sites for hydroxylation is 1. The molecular weight excluding hydrogens is 306 g/mol. The van der Waals surface area contributed by atoms with Crippen molar-refractivity contribution < 1.29 is 14.7 Å². The van der Waals surface area contributed by atoms with E-state index < -0.39 is 5.97 Å². The molecule has 1 aromatic heterocycles. The highest BCUT2D eigenvalue weighted by Gasteiger charge is 2.25.